The molecule has 0 aromatic carbocycles. The molecule has 1 aliphatic carbocycles. The number of aliphatic hydroxyl groups excluding tert-OH is 1. The molecule has 1 fully saturated rings. The van der Waals surface area contributed by atoms with E-state index in [0.29, 0.717) is 11.8 Å². The van der Waals surface area contributed by atoms with Crippen LogP contribution in [0.1, 0.15) is 18.7 Å². The van der Waals surface area contributed by atoms with Crippen molar-refractivity contribution in [1.82, 2.24) is 10.2 Å². The summed E-state index contributed by atoms with van der Waals surface area (Å²) in [7, 11) is 0. The molecule has 0 amide bonds. The summed E-state index contributed by atoms with van der Waals surface area (Å²) in [5, 5.41) is 16.1. The number of aliphatic hydroxyl groups is 1. The maximum atomic E-state index is 8.79. The predicted octanol–water partition coefficient (Wildman–Crippen LogP) is -0.374. The van der Waals surface area contributed by atoms with Gasteiger partial charge in [-0.3, -0.25) is 0 Å². The molecule has 1 aromatic heterocycles. The van der Waals surface area contributed by atoms with Gasteiger partial charge in [-0.05, 0) is 18.8 Å². The van der Waals surface area contributed by atoms with Crippen molar-refractivity contribution in [2.75, 3.05) is 6.61 Å². The molecule has 1 aromatic rings. The molecule has 1 aliphatic rings. The highest BCUT2D eigenvalue weighted by Crippen LogP contribution is 2.42. The minimum Gasteiger partial charge on any atom is -0.426 e. The number of nitrogens with two attached hydrogens (primary N) is 1. The van der Waals surface area contributed by atoms with Gasteiger partial charge in [-0.1, -0.05) is 0 Å². The van der Waals surface area contributed by atoms with Crippen molar-refractivity contribution >= 4 is 0 Å². The zero-order valence-electron chi connectivity index (χ0n) is 6.60. The van der Waals surface area contributed by atoms with Crippen molar-refractivity contribution in [3.8, 4) is 0 Å². The van der Waals surface area contributed by atoms with Crippen LogP contribution < -0.4 is 5.73 Å². The average Bonchev–Trinajstić information content (AvgIpc) is 2.50. The molecule has 1 saturated carbocycles. The maximum absolute atomic E-state index is 8.79. The van der Waals surface area contributed by atoms with Gasteiger partial charge in [0.2, 0.25) is 12.3 Å². The lowest BCUT2D eigenvalue weighted by atomic mass is 9.69. The van der Waals surface area contributed by atoms with E-state index < -0.39 is 5.54 Å². The van der Waals surface area contributed by atoms with Gasteiger partial charge >= 0.3 is 0 Å². The quantitative estimate of drug-likeness (QED) is 0.630. The molecular formula is C7H11N3O2. The average molecular weight is 169 g/mol. The van der Waals surface area contributed by atoms with Gasteiger partial charge in [0, 0.05) is 6.61 Å². The molecule has 0 spiro atoms. The fourth-order valence-electron chi connectivity index (χ4n) is 1.66. The second-order valence-electron chi connectivity index (χ2n) is 3.36. The summed E-state index contributed by atoms with van der Waals surface area (Å²) in [5.74, 6) is 0.772. The first-order chi connectivity index (χ1) is 5.74. The van der Waals surface area contributed by atoms with Crippen LogP contribution in [0.25, 0.3) is 0 Å². The third-order valence-corrected chi connectivity index (χ3v) is 2.35. The number of nitrogens with zero attached hydrogens (tertiary/aromatic N) is 2. The molecule has 5 heteroatoms. The molecule has 0 radical (unpaired) electrons. The largest absolute Gasteiger partial charge is 0.426 e. The third-order valence-electron chi connectivity index (χ3n) is 2.35. The van der Waals surface area contributed by atoms with Crippen molar-refractivity contribution in [2.45, 2.75) is 18.4 Å². The molecule has 0 aliphatic heterocycles. The van der Waals surface area contributed by atoms with Crippen LogP contribution in [0.2, 0.25) is 0 Å². The zero-order valence-corrected chi connectivity index (χ0v) is 6.60. The third kappa shape index (κ3) is 1.02. The van der Waals surface area contributed by atoms with E-state index in [1.807, 2.05) is 0 Å². The van der Waals surface area contributed by atoms with E-state index in [1.165, 1.54) is 6.39 Å². The van der Waals surface area contributed by atoms with Gasteiger partial charge < -0.3 is 15.3 Å². The summed E-state index contributed by atoms with van der Waals surface area (Å²) in [6.07, 6.45) is 2.73. The number of hydrogen-bond donors (Lipinski definition) is 2. The van der Waals surface area contributed by atoms with Gasteiger partial charge in [0.15, 0.2) is 0 Å². The Balaban J connectivity index is 2.07. The first kappa shape index (κ1) is 7.70. The van der Waals surface area contributed by atoms with Crippen LogP contribution in [0.3, 0.4) is 0 Å². The molecule has 0 unspecified atom stereocenters. The normalized spacial score (nSPS) is 34.7. The van der Waals surface area contributed by atoms with Gasteiger partial charge in [-0.25, -0.2) is 0 Å². The Labute approximate surface area is 69.6 Å². The standard InChI is InChI=1S/C7H11N3O2/c8-7(1-5(2-7)3-11)6-10-9-4-12-6/h4-5,11H,1-3,8H2. The smallest absolute Gasteiger partial charge is 0.235 e. The van der Waals surface area contributed by atoms with Gasteiger partial charge in [-0.15, -0.1) is 10.2 Å². The fourth-order valence-corrected chi connectivity index (χ4v) is 1.66. The van der Waals surface area contributed by atoms with Crippen LogP contribution in [-0.2, 0) is 5.54 Å². The minimum absolute atomic E-state index is 0.188. The lowest BCUT2D eigenvalue weighted by molar-refractivity contribution is 0.0622. The molecular weight excluding hydrogens is 158 g/mol. The number of aromatic nitrogens is 2. The predicted molar refractivity (Wildman–Crippen MR) is 40.0 cm³/mol. The van der Waals surface area contributed by atoms with Crippen molar-refractivity contribution in [3.63, 3.8) is 0 Å². The van der Waals surface area contributed by atoms with Gasteiger partial charge in [0.25, 0.3) is 0 Å². The van der Waals surface area contributed by atoms with E-state index in [0.717, 1.165) is 12.8 Å². The second kappa shape index (κ2) is 2.53. The maximum Gasteiger partial charge on any atom is 0.235 e. The fraction of sp³-hybridized carbons (Fsp3) is 0.714. The molecule has 2 rings (SSSR count). The molecule has 5 nitrogen and oxygen atoms in total. The van der Waals surface area contributed by atoms with E-state index in [1.54, 1.807) is 0 Å². The Morgan fingerprint density at radius 1 is 1.75 bits per heavy atom. The number of rotatable bonds is 2. The summed E-state index contributed by atoms with van der Waals surface area (Å²) in [5.41, 5.74) is 5.44. The van der Waals surface area contributed by atoms with Crippen LogP contribution in [0.5, 0.6) is 0 Å². The molecule has 0 bridgehead atoms. The first-order valence-electron chi connectivity index (χ1n) is 3.91. The highest BCUT2D eigenvalue weighted by Gasteiger charge is 2.45. The SMILES string of the molecule is NC1(c2nnco2)CC(CO)C1. The Bertz CT molecular complexity index is 254. The molecule has 12 heavy (non-hydrogen) atoms. The molecule has 0 atom stereocenters. The first-order valence-corrected chi connectivity index (χ1v) is 3.91. The topological polar surface area (TPSA) is 85.2 Å². The highest BCUT2D eigenvalue weighted by atomic mass is 16.4. The Morgan fingerprint density at radius 2 is 2.50 bits per heavy atom. The van der Waals surface area contributed by atoms with Crippen molar-refractivity contribution in [3.05, 3.63) is 12.3 Å². The summed E-state index contributed by atoms with van der Waals surface area (Å²) in [6.45, 7) is 0.188. The molecule has 1 heterocycles. The summed E-state index contributed by atoms with van der Waals surface area (Å²) >= 11 is 0. The Kier molecular flexibility index (Phi) is 1.62. The van der Waals surface area contributed by atoms with Crippen LogP contribution in [-0.4, -0.2) is 21.9 Å². The lowest BCUT2D eigenvalue weighted by Gasteiger charge is -2.41. The monoisotopic (exact) mass is 169 g/mol. The van der Waals surface area contributed by atoms with Gasteiger partial charge in [-0.2, -0.15) is 0 Å². The highest BCUT2D eigenvalue weighted by molar-refractivity contribution is 5.07. The van der Waals surface area contributed by atoms with Crippen LogP contribution >= 0.6 is 0 Å². The molecule has 0 saturated heterocycles. The van der Waals surface area contributed by atoms with Crippen molar-refractivity contribution in [1.29, 1.82) is 0 Å². The second-order valence-corrected chi connectivity index (χ2v) is 3.36. The van der Waals surface area contributed by atoms with E-state index in [-0.39, 0.29) is 6.61 Å². The van der Waals surface area contributed by atoms with Gasteiger partial charge in [0.1, 0.15) is 0 Å². The summed E-state index contributed by atoms with van der Waals surface area (Å²) in [6, 6.07) is 0. The van der Waals surface area contributed by atoms with Crippen LogP contribution in [0.15, 0.2) is 10.8 Å². The van der Waals surface area contributed by atoms with Crippen LogP contribution in [0.4, 0.5) is 0 Å². The van der Waals surface area contributed by atoms with Gasteiger partial charge in [0.05, 0.1) is 5.54 Å². The van der Waals surface area contributed by atoms with Crippen molar-refractivity contribution < 1.29 is 9.52 Å². The molecule has 3 N–H and O–H groups in total. The lowest BCUT2D eigenvalue weighted by Crippen LogP contribution is -2.50. The Hall–Kier alpha value is -0.940. The summed E-state index contributed by atoms with van der Waals surface area (Å²) < 4.78 is 5.00. The minimum atomic E-state index is -0.482. The van der Waals surface area contributed by atoms with E-state index in [4.69, 9.17) is 15.3 Å². The van der Waals surface area contributed by atoms with Crippen molar-refractivity contribution in [2.24, 2.45) is 11.7 Å². The van der Waals surface area contributed by atoms with E-state index >= 15 is 0 Å². The zero-order chi connectivity index (χ0) is 8.60. The Morgan fingerprint density at radius 3 is 3.00 bits per heavy atom. The number of hydrogen-bond acceptors (Lipinski definition) is 5. The molecule has 66 valence electrons. The summed E-state index contributed by atoms with van der Waals surface area (Å²) in [4.78, 5) is 0. The van der Waals surface area contributed by atoms with E-state index in [9.17, 15) is 0 Å². The van der Waals surface area contributed by atoms with E-state index in [2.05, 4.69) is 10.2 Å². The van der Waals surface area contributed by atoms with Crippen LogP contribution in [0, 0.1) is 5.92 Å².